The quantitative estimate of drug-likeness (QED) is 0.679. The van der Waals surface area contributed by atoms with Crippen molar-refractivity contribution in [2.24, 2.45) is 5.73 Å². The van der Waals surface area contributed by atoms with Crippen LogP contribution in [-0.2, 0) is 9.53 Å². The van der Waals surface area contributed by atoms with Gasteiger partial charge < -0.3 is 10.5 Å². The fourth-order valence-corrected chi connectivity index (χ4v) is 2.05. The van der Waals surface area contributed by atoms with E-state index in [2.05, 4.69) is 0 Å². The number of rotatable bonds is 5. The molecule has 0 aromatic heterocycles. The molecule has 2 rings (SSSR count). The van der Waals surface area contributed by atoms with Crippen molar-refractivity contribution in [3.63, 3.8) is 0 Å². The minimum Gasteiger partial charge on any atom is -0.459 e. The molecule has 2 aromatic rings. The molecule has 23 heavy (non-hydrogen) atoms. The molecule has 0 radical (unpaired) electrons. The van der Waals surface area contributed by atoms with Crippen molar-refractivity contribution >= 4 is 18.0 Å². The van der Waals surface area contributed by atoms with Gasteiger partial charge in [0.05, 0.1) is 11.7 Å². The van der Waals surface area contributed by atoms with Crippen molar-refractivity contribution in [3.8, 4) is 11.1 Å². The first-order chi connectivity index (χ1) is 11.0. The van der Waals surface area contributed by atoms with E-state index in [1.807, 2.05) is 50.2 Å². The van der Waals surface area contributed by atoms with Gasteiger partial charge in [-0.15, -0.1) is 0 Å². The minimum atomic E-state index is -0.474. The number of hydrogen-bond acceptors (Lipinski definition) is 3. The monoisotopic (exact) mass is 309 g/mol. The SMILES string of the molecule is CC(C)OC(=O)c1ccc(-c2ccc(/C=C\C(N)=O)cc2)cc1. The molecule has 0 atom stereocenters. The van der Waals surface area contributed by atoms with Crippen LogP contribution in [0.25, 0.3) is 17.2 Å². The second-order valence-corrected chi connectivity index (χ2v) is 5.39. The van der Waals surface area contributed by atoms with Crippen molar-refractivity contribution in [1.82, 2.24) is 0 Å². The van der Waals surface area contributed by atoms with Crippen molar-refractivity contribution in [3.05, 3.63) is 65.7 Å². The molecule has 4 nitrogen and oxygen atoms in total. The van der Waals surface area contributed by atoms with E-state index in [-0.39, 0.29) is 12.1 Å². The topological polar surface area (TPSA) is 69.4 Å². The molecule has 0 heterocycles. The summed E-state index contributed by atoms with van der Waals surface area (Å²) in [6.45, 7) is 3.64. The molecule has 0 bridgehead atoms. The fourth-order valence-electron chi connectivity index (χ4n) is 2.05. The second kappa shape index (κ2) is 7.40. The molecule has 118 valence electrons. The molecule has 0 saturated carbocycles. The number of hydrogen-bond donors (Lipinski definition) is 1. The highest BCUT2D eigenvalue weighted by Crippen LogP contribution is 2.21. The van der Waals surface area contributed by atoms with E-state index >= 15 is 0 Å². The van der Waals surface area contributed by atoms with Crippen LogP contribution < -0.4 is 5.73 Å². The van der Waals surface area contributed by atoms with Crippen LogP contribution in [0.15, 0.2) is 54.6 Å². The van der Waals surface area contributed by atoms with E-state index in [9.17, 15) is 9.59 Å². The van der Waals surface area contributed by atoms with Crippen LogP contribution in [0.2, 0.25) is 0 Å². The zero-order valence-electron chi connectivity index (χ0n) is 13.2. The van der Waals surface area contributed by atoms with Crippen LogP contribution in [0.3, 0.4) is 0 Å². The first-order valence-electron chi connectivity index (χ1n) is 7.34. The van der Waals surface area contributed by atoms with Gasteiger partial charge in [-0.05, 0) is 48.7 Å². The smallest absolute Gasteiger partial charge is 0.338 e. The summed E-state index contributed by atoms with van der Waals surface area (Å²) in [5.41, 5.74) is 8.51. The highest BCUT2D eigenvalue weighted by Gasteiger charge is 2.09. The number of benzene rings is 2. The molecule has 0 fully saturated rings. The molecule has 0 unspecified atom stereocenters. The zero-order valence-corrected chi connectivity index (χ0v) is 13.2. The lowest BCUT2D eigenvalue weighted by molar-refractivity contribution is -0.113. The van der Waals surface area contributed by atoms with Gasteiger partial charge in [0, 0.05) is 6.08 Å². The van der Waals surface area contributed by atoms with Gasteiger partial charge in [-0.2, -0.15) is 0 Å². The van der Waals surface area contributed by atoms with Gasteiger partial charge in [0.1, 0.15) is 0 Å². The number of amides is 1. The van der Waals surface area contributed by atoms with E-state index in [4.69, 9.17) is 10.5 Å². The maximum absolute atomic E-state index is 11.8. The molecular weight excluding hydrogens is 290 g/mol. The van der Waals surface area contributed by atoms with Crippen LogP contribution in [0, 0.1) is 0 Å². The Morgan fingerprint density at radius 1 is 0.957 bits per heavy atom. The van der Waals surface area contributed by atoms with Gasteiger partial charge in [0.15, 0.2) is 0 Å². The summed E-state index contributed by atoms with van der Waals surface area (Å²) in [6, 6.07) is 15.0. The Labute approximate surface area is 135 Å². The summed E-state index contributed by atoms with van der Waals surface area (Å²) in [5, 5.41) is 0. The summed E-state index contributed by atoms with van der Waals surface area (Å²) in [6.07, 6.45) is 2.85. The van der Waals surface area contributed by atoms with Crippen molar-refractivity contribution < 1.29 is 14.3 Å². The number of carbonyl (C=O) groups excluding carboxylic acids is 2. The van der Waals surface area contributed by atoms with Crippen molar-refractivity contribution in [1.29, 1.82) is 0 Å². The maximum Gasteiger partial charge on any atom is 0.338 e. The molecule has 0 spiro atoms. The van der Waals surface area contributed by atoms with Crippen LogP contribution >= 0.6 is 0 Å². The lowest BCUT2D eigenvalue weighted by atomic mass is 10.0. The Morgan fingerprint density at radius 2 is 1.48 bits per heavy atom. The van der Waals surface area contributed by atoms with Gasteiger partial charge in [0.2, 0.25) is 5.91 Å². The Balaban J connectivity index is 2.13. The Hall–Kier alpha value is -2.88. The lowest BCUT2D eigenvalue weighted by Gasteiger charge is -2.08. The molecule has 2 aromatic carbocycles. The molecule has 1 amide bonds. The third-order valence-electron chi connectivity index (χ3n) is 3.15. The summed E-state index contributed by atoms with van der Waals surface area (Å²) in [7, 11) is 0. The Bertz CT molecular complexity index is 713. The average molecular weight is 309 g/mol. The number of esters is 1. The van der Waals surface area contributed by atoms with Gasteiger partial charge in [0.25, 0.3) is 0 Å². The highest BCUT2D eigenvalue weighted by molar-refractivity contribution is 5.91. The Morgan fingerprint density at radius 3 is 1.96 bits per heavy atom. The van der Waals surface area contributed by atoms with Gasteiger partial charge in [-0.1, -0.05) is 36.4 Å². The zero-order chi connectivity index (χ0) is 16.8. The molecule has 0 aliphatic heterocycles. The summed E-state index contributed by atoms with van der Waals surface area (Å²) < 4.78 is 5.16. The van der Waals surface area contributed by atoms with Crippen LogP contribution in [0.5, 0.6) is 0 Å². The number of primary amides is 1. The third-order valence-corrected chi connectivity index (χ3v) is 3.15. The maximum atomic E-state index is 11.8. The van der Waals surface area contributed by atoms with E-state index in [0.717, 1.165) is 16.7 Å². The average Bonchev–Trinajstić information content (AvgIpc) is 2.53. The Kier molecular flexibility index (Phi) is 5.31. The second-order valence-electron chi connectivity index (χ2n) is 5.39. The van der Waals surface area contributed by atoms with Crippen molar-refractivity contribution in [2.75, 3.05) is 0 Å². The molecule has 0 aliphatic carbocycles. The largest absolute Gasteiger partial charge is 0.459 e. The summed E-state index contributed by atoms with van der Waals surface area (Å²) >= 11 is 0. The molecule has 4 heteroatoms. The number of carbonyl (C=O) groups is 2. The number of ether oxygens (including phenoxy) is 1. The fraction of sp³-hybridized carbons (Fsp3) is 0.158. The predicted octanol–water partition coefficient (Wildman–Crippen LogP) is 3.42. The molecule has 2 N–H and O–H groups in total. The van der Waals surface area contributed by atoms with Gasteiger partial charge >= 0.3 is 5.97 Å². The predicted molar refractivity (Wildman–Crippen MR) is 90.7 cm³/mol. The molecular formula is C19H19NO3. The normalized spacial score (nSPS) is 10.9. The van der Waals surface area contributed by atoms with E-state index in [1.165, 1.54) is 6.08 Å². The first-order valence-corrected chi connectivity index (χ1v) is 7.34. The lowest BCUT2D eigenvalue weighted by Crippen LogP contribution is -2.11. The van der Waals surface area contributed by atoms with Crippen LogP contribution in [0.4, 0.5) is 0 Å². The van der Waals surface area contributed by atoms with Crippen LogP contribution in [0.1, 0.15) is 29.8 Å². The van der Waals surface area contributed by atoms with Crippen LogP contribution in [-0.4, -0.2) is 18.0 Å². The van der Waals surface area contributed by atoms with E-state index in [1.54, 1.807) is 18.2 Å². The molecule has 0 aliphatic rings. The van der Waals surface area contributed by atoms with Gasteiger partial charge in [-0.3, -0.25) is 4.79 Å². The minimum absolute atomic E-state index is 0.136. The van der Waals surface area contributed by atoms with E-state index < -0.39 is 5.91 Å². The summed E-state index contributed by atoms with van der Waals surface area (Å²) in [4.78, 5) is 22.5. The van der Waals surface area contributed by atoms with Crippen molar-refractivity contribution in [2.45, 2.75) is 20.0 Å². The van der Waals surface area contributed by atoms with Gasteiger partial charge in [-0.25, -0.2) is 4.79 Å². The third kappa shape index (κ3) is 4.81. The highest BCUT2D eigenvalue weighted by atomic mass is 16.5. The molecule has 0 saturated heterocycles. The first kappa shape index (κ1) is 16.5. The standard InChI is InChI=1S/C19H19NO3/c1-13(2)23-19(22)17-10-8-16(9-11-17)15-6-3-14(4-7-15)5-12-18(20)21/h3-13H,1-2H3,(H2,20,21)/b12-5-. The summed E-state index contributed by atoms with van der Waals surface area (Å²) in [5.74, 6) is -0.795. The number of nitrogens with two attached hydrogens (primary N) is 1. The van der Waals surface area contributed by atoms with E-state index in [0.29, 0.717) is 5.56 Å².